The van der Waals surface area contributed by atoms with Gasteiger partial charge in [0.15, 0.2) is 6.20 Å². The largest absolute Gasteiger partial charge is 0.616 e. The Morgan fingerprint density at radius 1 is 1.48 bits per heavy atom. The van der Waals surface area contributed by atoms with Crippen molar-refractivity contribution < 1.29 is 19.0 Å². The minimum atomic E-state index is -0.593. The van der Waals surface area contributed by atoms with Gasteiger partial charge < -0.3 is 20.0 Å². The molecule has 2 heterocycles. The van der Waals surface area contributed by atoms with E-state index in [2.05, 4.69) is 5.32 Å². The Morgan fingerprint density at radius 2 is 2.28 bits per heavy atom. The first kappa shape index (κ1) is 17.6. The van der Waals surface area contributed by atoms with Gasteiger partial charge in [-0.1, -0.05) is 23.2 Å². The highest BCUT2D eigenvalue weighted by molar-refractivity contribution is 6.35. The van der Waals surface area contributed by atoms with Crippen molar-refractivity contribution in [3.8, 4) is 5.88 Å². The lowest BCUT2D eigenvalue weighted by Crippen LogP contribution is -2.35. The lowest BCUT2D eigenvalue weighted by molar-refractivity contribution is -0.614. The second-order valence-electron chi connectivity index (χ2n) is 5.66. The summed E-state index contributed by atoms with van der Waals surface area (Å²) in [6, 6.07) is 6.70. The topological polar surface area (TPSA) is 74.5 Å². The molecular weight excluding hydrogens is 367 g/mol. The molecular formula is C17H16Cl2N2O4. The fourth-order valence-corrected chi connectivity index (χ4v) is 3.37. The molecule has 0 fully saturated rings. The van der Waals surface area contributed by atoms with Gasteiger partial charge >= 0.3 is 12.0 Å². The summed E-state index contributed by atoms with van der Waals surface area (Å²) in [5.74, 6) is 0.170. The lowest BCUT2D eigenvalue weighted by atomic mass is 10.1. The van der Waals surface area contributed by atoms with Gasteiger partial charge in [0.2, 0.25) is 0 Å². The van der Waals surface area contributed by atoms with Gasteiger partial charge in [-0.2, -0.15) is 0 Å². The highest BCUT2D eigenvalue weighted by Gasteiger charge is 2.30. The molecule has 1 N–H and O–H groups in total. The molecule has 0 saturated heterocycles. The third-order valence-corrected chi connectivity index (χ3v) is 4.51. The number of fused-ring (bicyclic) bond motifs is 1. The van der Waals surface area contributed by atoms with Crippen molar-refractivity contribution in [1.29, 1.82) is 0 Å². The van der Waals surface area contributed by atoms with Crippen LogP contribution in [0.15, 0.2) is 30.5 Å². The van der Waals surface area contributed by atoms with Gasteiger partial charge in [-0.15, -0.1) is 4.73 Å². The zero-order chi connectivity index (χ0) is 18.0. The van der Waals surface area contributed by atoms with Crippen LogP contribution in [0.25, 0.3) is 0 Å². The molecule has 1 unspecified atom stereocenters. The summed E-state index contributed by atoms with van der Waals surface area (Å²) >= 11 is 12.1. The van der Waals surface area contributed by atoms with Gasteiger partial charge in [0, 0.05) is 29.1 Å². The maximum Gasteiger partial charge on any atom is 0.408 e. The number of hydrogen-bond donors (Lipinski definition) is 1. The Bertz CT molecular complexity index is 790. The number of carbonyl (C=O) groups is 1. The van der Waals surface area contributed by atoms with Crippen LogP contribution in [0.1, 0.15) is 29.2 Å². The predicted octanol–water partition coefficient (Wildman–Crippen LogP) is 3.69. The smallest absolute Gasteiger partial charge is 0.408 e. The van der Waals surface area contributed by atoms with E-state index in [0.29, 0.717) is 33.4 Å². The molecule has 8 heteroatoms. The van der Waals surface area contributed by atoms with Crippen molar-refractivity contribution in [1.82, 2.24) is 5.32 Å². The van der Waals surface area contributed by atoms with Crippen molar-refractivity contribution in [3.05, 3.63) is 62.4 Å². The molecule has 6 nitrogen and oxygen atoms in total. The summed E-state index contributed by atoms with van der Waals surface area (Å²) < 4.78 is 11.4. The van der Waals surface area contributed by atoms with E-state index in [1.54, 1.807) is 24.3 Å². The first-order chi connectivity index (χ1) is 12.0. The number of nitrogens with zero attached hydrogens (tertiary/aromatic N) is 1. The molecule has 1 aromatic carbocycles. The number of pyridine rings is 1. The van der Waals surface area contributed by atoms with Crippen molar-refractivity contribution in [2.75, 3.05) is 6.61 Å². The molecule has 0 saturated carbocycles. The average molecular weight is 383 g/mol. The molecule has 1 aliphatic heterocycles. The molecule has 0 spiro atoms. The van der Waals surface area contributed by atoms with Gasteiger partial charge in [-0.3, -0.25) is 0 Å². The van der Waals surface area contributed by atoms with E-state index in [4.69, 9.17) is 32.7 Å². The van der Waals surface area contributed by atoms with Crippen LogP contribution < -0.4 is 14.8 Å². The van der Waals surface area contributed by atoms with Gasteiger partial charge in [-0.25, -0.2) is 4.79 Å². The highest BCUT2D eigenvalue weighted by Crippen LogP contribution is 2.31. The number of aromatic nitrogens is 1. The summed E-state index contributed by atoms with van der Waals surface area (Å²) in [7, 11) is 0. The molecule has 1 amide bonds. The Balaban J connectivity index is 1.66. The zero-order valence-corrected chi connectivity index (χ0v) is 14.9. The number of amides is 1. The Hall–Kier alpha value is -2.18. The standard InChI is InChI=1S/C17H16Cl2N2O4/c1-10-7-11(18)8-14(19)13(10)9-20-17(22)25-15-4-6-24-16-12(15)3-2-5-21(16)23/h2-3,5,7-8,15H,4,6,9H2,1H3,(H,20,22). The fourth-order valence-electron chi connectivity index (χ4n) is 2.71. The fraction of sp³-hybridized carbons (Fsp3) is 0.294. The number of carbonyl (C=O) groups excluding carboxylic acids is 1. The molecule has 0 radical (unpaired) electrons. The summed E-state index contributed by atoms with van der Waals surface area (Å²) in [4.78, 5) is 12.1. The van der Waals surface area contributed by atoms with Crippen molar-refractivity contribution in [3.63, 3.8) is 0 Å². The first-order valence-electron chi connectivity index (χ1n) is 7.69. The highest BCUT2D eigenvalue weighted by atomic mass is 35.5. The summed E-state index contributed by atoms with van der Waals surface area (Å²) in [6.45, 7) is 2.38. The third-order valence-electron chi connectivity index (χ3n) is 3.95. The molecule has 0 aliphatic carbocycles. The Morgan fingerprint density at radius 3 is 3.04 bits per heavy atom. The molecule has 132 valence electrons. The Kier molecular flexibility index (Phi) is 5.20. The van der Waals surface area contributed by atoms with E-state index in [1.165, 1.54) is 6.20 Å². The summed E-state index contributed by atoms with van der Waals surface area (Å²) in [5, 5.41) is 15.4. The van der Waals surface area contributed by atoms with Crippen LogP contribution in [-0.4, -0.2) is 12.7 Å². The maximum absolute atomic E-state index is 12.1. The summed E-state index contributed by atoms with van der Waals surface area (Å²) in [6.07, 6.45) is 0.689. The van der Waals surface area contributed by atoms with Crippen LogP contribution >= 0.6 is 23.2 Å². The number of rotatable bonds is 3. The predicted molar refractivity (Wildman–Crippen MR) is 92.8 cm³/mol. The van der Waals surface area contributed by atoms with Crippen molar-refractivity contribution >= 4 is 29.3 Å². The lowest BCUT2D eigenvalue weighted by Gasteiger charge is -2.23. The van der Waals surface area contributed by atoms with E-state index in [0.717, 1.165) is 11.1 Å². The van der Waals surface area contributed by atoms with Crippen molar-refractivity contribution in [2.45, 2.75) is 26.0 Å². The van der Waals surface area contributed by atoms with E-state index < -0.39 is 12.2 Å². The molecule has 1 aromatic heterocycles. The molecule has 1 atom stereocenters. The minimum absolute atomic E-state index is 0.170. The monoisotopic (exact) mass is 382 g/mol. The second kappa shape index (κ2) is 7.37. The van der Waals surface area contributed by atoms with Crippen LogP contribution in [0, 0.1) is 12.1 Å². The van der Waals surface area contributed by atoms with Crippen LogP contribution in [-0.2, 0) is 11.3 Å². The number of nitrogens with one attached hydrogen (secondary N) is 1. The van der Waals surface area contributed by atoms with Gasteiger partial charge in [0.05, 0.1) is 6.61 Å². The van der Waals surface area contributed by atoms with E-state index in [-0.39, 0.29) is 12.4 Å². The van der Waals surface area contributed by atoms with Crippen LogP contribution in [0.5, 0.6) is 5.88 Å². The zero-order valence-electron chi connectivity index (χ0n) is 13.4. The Labute approximate surface area is 154 Å². The SMILES string of the molecule is Cc1cc(Cl)cc(Cl)c1CNC(=O)OC1CCOc2c1ccc[n+]2[O-]. The van der Waals surface area contributed by atoms with Gasteiger partial charge in [0.25, 0.3) is 0 Å². The van der Waals surface area contributed by atoms with Crippen LogP contribution in [0.3, 0.4) is 0 Å². The number of aryl methyl sites for hydroxylation is 1. The molecule has 2 aromatic rings. The summed E-state index contributed by atoms with van der Waals surface area (Å²) in [5.41, 5.74) is 2.20. The van der Waals surface area contributed by atoms with Crippen molar-refractivity contribution in [2.24, 2.45) is 0 Å². The molecule has 25 heavy (non-hydrogen) atoms. The quantitative estimate of drug-likeness (QED) is 0.648. The van der Waals surface area contributed by atoms with E-state index >= 15 is 0 Å². The van der Waals surface area contributed by atoms with E-state index in [1.807, 2.05) is 6.92 Å². The molecule has 0 bridgehead atoms. The minimum Gasteiger partial charge on any atom is -0.616 e. The van der Waals surface area contributed by atoms with E-state index in [9.17, 15) is 10.0 Å². The number of alkyl carbamates (subject to hydrolysis) is 1. The van der Waals surface area contributed by atoms with Gasteiger partial charge in [-0.05, 0) is 36.2 Å². The number of hydrogen-bond acceptors (Lipinski definition) is 4. The first-order valence-corrected chi connectivity index (χ1v) is 8.45. The average Bonchev–Trinajstić information content (AvgIpc) is 2.55. The normalized spacial score (nSPS) is 15.9. The number of halogens is 2. The molecule has 3 rings (SSSR count). The number of benzene rings is 1. The third kappa shape index (κ3) is 3.91. The van der Waals surface area contributed by atoms with Crippen LogP contribution in [0.4, 0.5) is 4.79 Å². The second-order valence-corrected chi connectivity index (χ2v) is 6.51. The number of ether oxygens (including phenoxy) is 2. The maximum atomic E-state index is 12.1. The van der Waals surface area contributed by atoms with Gasteiger partial charge in [0.1, 0.15) is 11.7 Å². The molecule has 1 aliphatic rings. The van der Waals surface area contributed by atoms with Crippen LogP contribution in [0.2, 0.25) is 10.0 Å².